The molecule has 6 heteroatoms. The molecular weight excluding hydrogens is 383 g/mol. The molecule has 160 valence electrons. The fraction of sp³-hybridized carbons (Fsp3) is 0.417. The topological polar surface area (TPSA) is 58.6 Å². The largest absolute Gasteiger partial charge is 0.383 e. The minimum Gasteiger partial charge on any atom is -0.383 e. The molecule has 0 spiro atoms. The fourth-order valence-corrected chi connectivity index (χ4v) is 3.96. The van der Waals surface area contributed by atoms with Gasteiger partial charge in [-0.2, -0.15) is 0 Å². The standard InChI is InChI=1S/C24H29FN2O3/c1-17-12-19(8-9-22(17)25)20-14-21(24(29)26-10-11-30-2)16-27(15-20)23(28)13-18-6-4-3-5-7-18/h3-9,12,20-21H,10-11,13-16H2,1-2H3,(H,26,29)/t20-,21-/m1/s1. The number of likely N-dealkylation sites (tertiary alicyclic amines) is 1. The van der Waals surface area contributed by atoms with Crippen LogP contribution < -0.4 is 5.32 Å². The molecule has 2 amide bonds. The van der Waals surface area contributed by atoms with E-state index >= 15 is 0 Å². The molecule has 2 atom stereocenters. The normalized spacial score (nSPS) is 18.8. The summed E-state index contributed by atoms with van der Waals surface area (Å²) in [5, 5.41) is 2.89. The maximum atomic E-state index is 13.8. The van der Waals surface area contributed by atoms with Crippen molar-refractivity contribution >= 4 is 11.8 Å². The molecule has 0 aromatic heterocycles. The highest BCUT2D eigenvalue weighted by atomic mass is 19.1. The molecule has 0 aliphatic carbocycles. The third kappa shape index (κ3) is 5.66. The van der Waals surface area contributed by atoms with Gasteiger partial charge in [0.05, 0.1) is 18.9 Å². The Kier molecular flexibility index (Phi) is 7.57. The van der Waals surface area contributed by atoms with Gasteiger partial charge in [0.25, 0.3) is 0 Å². The van der Waals surface area contributed by atoms with E-state index in [1.54, 1.807) is 25.0 Å². The fourth-order valence-electron chi connectivity index (χ4n) is 3.96. The first-order valence-electron chi connectivity index (χ1n) is 10.3. The van der Waals surface area contributed by atoms with Crippen molar-refractivity contribution in [3.8, 4) is 0 Å². The Morgan fingerprint density at radius 3 is 2.63 bits per heavy atom. The zero-order chi connectivity index (χ0) is 21.5. The van der Waals surface area contributed by atoms with Crippen molar-refractivity contribution in [1.29, 1.82) is 0 Å². The lowest BCUT2D eigenvalue weighted by Crippen LogP contribution is -2.48. The Labute approximate surface area is 177 Å². The van der Waals surface area contributed by atoms with Crippen molar-refractivity contribution in [3.63, 3.8) is 0 Å². The van der Waals surface area contributed by atoms with Crippen LogP contribution in [0, 0.1) is 18.7 Å². The molecule has 1 heterocycles. The van der Waals surface area contributed by atoms with Gasteiger partial charge in [-0.1, -0.05) is 42.5 Å². The first-order chi connectivity index (χ1) is 14.5. The highest BCUT2D eigenvalue weighted by Gasteiger charge is 2.34. The van der Waals surface area contributed by atoms with E-state index in [1.165, 1.54) is 6.07 Å². The van der Waals surface area contributed by atoms with Crippen LogP contribution in [0.4, 0.5) is 4.39 Å². The van der Waals surface area contributed by atoms with E-state index in [4.69, 9.17) is 4.74 Å². The summed E-state index contributed by atoms with van der Waals surface area (Å²) in [5.41, 5.74) is 2.48. The van der Waals surface area contributed by atoms with Gasteiger partial charge >= 0.3 is 0 Å². The van der Waals surface area contributed by atoms with Crippen molar-refractivity contribution in [2.24, 2.45) is 5.92 Å². The van der Waals surface area contributed by atoms with Crippen LogP contribution in [0.25, 0.3) is 0 Å². The van der Waals surface area contributed by atoms with Crippen LogP contribution >= 0.6 is 0 Å². The molecular formula is C24H29FN2O3. The summed E-state index contributed by atoms with van der Waals surface area (Å²) in [6.45, 7) is 3.52. The summed E-state index contributed by atoms with van der Waals surface area (Å²) < 4.78 is 18.8. The lowest BCUT2D eigenvalue weighted by atomic mass is 9.83. The van der Waals surface area contributed by atoms with Crippen LogP contribution in [0.5, 0.6) is 0 Å². The number of carbonyl (C=O) groups is 2. The molecule has 2 aromatic carbocycles. The molecule has 3 rings (SSSR count). The number of aryl methyl sites for hydroxylation is 1. The molecule has 1 aliphatic rings. The van der Waals surface area contributed by atoms with Gasteiger partial charge in [0.1, 0.15) is 5.82 Å². The van der Waals surface area contributed by atoms with E-state index in [1.807, 2.05) is 36.4 Å². The Balaban J connectivity index is 1.77. The minimum absolute atomic E-state index is 0.000532. The van der Waals surface area contributed by atoms with Crippen LogP contribution in [0.15, 0.2) is 48.5 Å². The summed E-state index contributed by atoms with van der Waals surface area (Å²) in [4.78, 5) is 27.5. The third-order valence-corrected chi connectivity index (χ3v) is 5.63. The van der Waals surface area contributed by atoms with Gasteiger partial charge in [-0.25, -0.2) is 4.39 Å². The van der Waals surface area contributed by atoms with Crippen LogP contribution in [-0.4, -0.2) is 50.1 Å². The summed E-state index contributed by atoms with van der Waals surface area (Å²) in [7, 11) is 1.59. The second-order valence-corrected chi connectivity index (χ2v) is 7.88. The van der Waals surface area contributed by atoms with E-state index in [9.17, 15) is 14.0 Å². The molecule has 0 saturated carbocycles. The van der Waals surface area contributed by atoms with Crippen LogP contribution in [0.3, 0.4) is 0 Å². The Hall–Kier alpha value is -2.73. The van der Waals surface area contributed by atoms with Gasteiger partial charge in [-0.05, 0) is 36.1 Å². The number of nitrogens with zero attached hydrogens (tertiary/aromatic N) is 1. The van der Waals surface area contributed by atoms with E-state index in [0.29, 0.717) is 44.6 Å². The molecule has 5 nitrogen and oxygen atoms in total. The smallest absolute Gasteiger partial charge is 0.227 e. The number of ether oxygens (including phenoxy) is 1. The molecule has 0 unspecified atom stereocenters. The van der Waals surface area contributed by atoms with E-state index in [0.717, 1.165) is 11.1 Å². The maximum absolute atomic E-state index is 13.8. The van der Waals surface area contributed by atoms with Crippen LogP contribution in [0.1, 0.15) is 29.0 Å². The lowest BCUT2D eigenvalue weighted by molar-refractivity contribution is -0.135. The van der Waals surface area contributed by atoms with Crippen molar-refractivity contribution in [2.75, 3.05) is 33.4 Å². The van der Waals surface area contributed by atoms with Gasteiger partial charge in [-0.15, -0.1) is 0 Å². The zero-order valence-electron chi connectivity index (χ0n) is 17.6. The molecule has 1 fully saturated rings. The Morgan fingerprint density at radius 2 is 1.93 bits per heavy atom. The van der Waals surface area contributed by atoms with Crippen molar-refractivity contribution in [1.82, 2.24) is 10.2 Å². The van der Waals surface area contributed by atoms with E-state index in [2.05, 4.69) is 5.32 Å². The molecule has 1 saturated heterocycles. The summed E-state index contributed by atoms with van der Waals surface area (Å²) in [6.07, 6.45) is 0.924. The highest BCUT2D eigenvalue weighted by Crippen LogP contribution is 2.31. The second kappa shape index (κ2) is 10.3. The number of hydrogen-bond acceptors (Lipinski definition) is 3. The highest BCUT2D eigenvalue weighted by molar-refractivity contribution is 5.82. The van der Waals surface area contributed by atoms with Gasteiger partial charge in [0.15, 0.2) is 0 Å². The Morgan fingerprint density at radius 1 is 1.17 bits per heavy atom. The number of benzene rings is 2. The SMILES string of the molecule is COCCNC(=O)[C@@H]1C[C@@H](c2ccc(F)c(C)c2)CN(C(=O)Cc2ccccc2)C1. The van der Waals surface area contributed by atoms with E-state index < -0.39 is 0 Å². The van der Waals surface area contributed by atoms with Crippen LogP contribution in [0.2, 0.25) is 0 Å². The molecule has 0 bridgehead atoms. The Bertz CT molecular complexity index is 872. The minimum atomic E-state index is -0.314. The van der Waals surface area contributed by atoms with Gasteiger partial charge in [0.2, 0.25) is 11.8 Å². The molecule has 1 N–H and O–H groups in total. The molecule has 2 aromatic rings. The number of rotatable bonds is 7. The number of halogens is 1. The van der Waals surface area contributed by atoms with Gasteiger partial charge in [0, 0.05) is 32.7 Å². The van der Waals surface area contributed by atoms with Crippen molar-refractivity contribution in [3.05, 3.63) is 71.0 Å². The number of amides is 2. The first kappa shape index (κ1) is 22.0. The van der Waals surface area contributed by atoms with Gasteiger partial charge < -0.3 is 15.0 Å². The maximum Gasteiger partial charge on any atom is 0.227 e. The van der Waals surface area contributed by atoms with Crippen LogP contribution in [-0.2, 0) is 20.7 Å². The monoisotopic (exact) mass is 412 g/mol. The molecule has 1 aliphatic heterocycles. The summed E-state index contributed by atoms with van der Waals surface area (Å²) in [6, 6.07) is 14.6. The average molecular weight is 413 g/mol. The second-order valence-electron chi connectivity index (χ2n) is 7.88. The number of piperidine rings is 1. The number of nitrogens with one attached hydrogen (secondary N) is 1. The summed E-state index contributed by atoms with van der Waals surface area (Å²) in [5.74, 6) is -0.658. The predicted molar refractivity (Wildman–Crippen MR) is 114 cm³/mol. The third-order valence-electron chi connectivity index (χ3n) is 5.63. The zero-order valence-corrected chi connectivity index (χ0v) is 17.6. The summed E-state index contributed by atoms with van der Waals surface area (Å²) >= 11 is 0. The predicted octanol–water partition coefficient (Wildman–Crippen LogP) is 3.07. The number of carbonyl (C=O) groups excluding carboxylic acids is 2. The first-order valence-corrected chi connectivity index (χ1v) is 10.3. The molecule has 0 radical (unpaired) electrons. The number of hydrogen-bond donors (Lipinski definition) is 1. The van der Waals surface area contributed by atoms with E-state index in [-0.39, 0.29) is 29.5 Å². The lowest BCUT2D eigenvalue weighted by Gasteiger charge is -2.37. The molecule has 30 heavy (non-hydrogen) atoms. The average Bonchev–Trinajstić information content (AvgIpc) is 2.76. The number of methoxy groups -OCH3 is 1. The quantitative estimate of drug-likeness (QED) is 0.711. The van der Waals surface area contributed by atoms with Crippen molar-refractivity contribution in [2.45, 2.75) is 25.7 Å². The van der Waals surface area contributed by atoms with Crippen molar-refractivity contribution < 1.29 is 18.7 Å². The van der Waals surface area contributed by atoms with Gasteiger partial charge in [-0.3, -0.25) is 9.59 Å².